The molecule has 0 spiro atoms. The van der Waals surface area contributed by atoms with Crippen LogP contribution in [-0.4, -0.2) is 40.5 Å². The van der Waals surface area contributed by atoms with Crippen LogP contribution in [0.15, 0.2) is 4.52 Å². The Morgan fingerprint density at radius 1 is 1.47 bits per heavy atom. The number of carbonyl (C=O) groups excluding carboxylic acids is 1. The molecule has 19 heavy (non-hydrogen) atoms. The number of aryl methyl sites for hydroxylation is 1. The molecule has 0 aliphatic rings. The van der Waals surface area contributed by atoms with Gasteiger partial charge in [-0.25, -0.2) is 4.79 Å². The lowest BCUT2D eigenvalue weighted by Gasteiger charge is -2.21. The van der Waals surface area contributed by atoms with Crippen molar-refractivity contribution in [2.75, 3.05) is 13.2 Å². The molecular formula is C12H22N4O3. The second kappa shape index (κ2) is 7.73. The molecule has 0 saturated carbocycles. The van der Waals surface area contributed by atoms with Crippen molar-refractivity contribution in [2.45, 2.75) is 39.7 Å². The van der Waals surface area contributed by atoms with Crippen LogP contribution in [0.5, 0.6) is 0 Å². The quantitative estimate of drug-likeness (QED) is 0.674. The lowest BCUT2D eigenvalue weighted by atomic mass is 10.0. The zero-order chi connectivity index (χ0) is 14.3. The van der Waals surface area contributed by atoms with Gasteiger partial charge in [0.1, 0.15) is 0 Å². The number of aliphatic hydroxyl groups is 1. The van der Waals surface area contributed by atoms with Gasteiger partial charge in [-0.05, 0) is 19.3 Å². The second-order valence-corrected chi connectivity index (χ2v) is 4.75. The Labute approximate surface area is 112 Å². The molecule has 7 heteroatoms. The number of aromatic nitrogens is 2. The van der Waals surface area contributed by atoms with E-state index >= 15 is 0 Å². The molecule has 1 unspecified atom stereocenters. The topological polar surface area (TPSA) is 100 Å². The molecule has 0 radical (unpaired) electrons. The van der Waals surface area contributed by atoms with E-state index in [1.54, 1.807) is 6.92 Å². The first kappa shape index (κ1) is 15.4. The van der Waals surface area contributed by atoms with Crippen LogP contribution in [0.1, 0.15) is 32.0 Å². The Balaban J connectivity index is 2.26. The van der Waals surface area contributed by atoms with Gasteiger partial charge in [-0.2, -0.15) is 4.98 Å². The maximum absolute atomic E-state index is 11.7. The van der Waals surface area contributed by atoms with E-state index in [9.17, 15) is 4.79 Å². The van der Waals surface area contributed by atoms with Crippen molar-refractivity contribution in [3.8, 4) is 0 Å². The van der Waals surface area contributed by atoms with Gasteiger partial charge in [0.2, 0.25) is 5.89 Å². The van der Waals surface area contributed by atoms with Crippen LogP contribution in [0.4, 0.5) is 4.79 Å². The fourth-order valence-electron chi connectivity index (χ4n) is 1.66. The molecule has 7 nitrogen and oxygen atoms in total. The minimum absolute atomic E-state index is 0.0318. The molecule has 3 N–H and O–H groups in total. The number of urea groups is 1. The van der Waals surface area contributed by atoms with Crippen LogP contribution in [0, 0.1) is 12.8 Å². The smallest absolute Gasteiger partial charge is 0.315 e. The summed E-state index contributed by atoms with van der Waals surface area (Å²) in [6.45, 7) is 6.24. The predicted octanol–water partition coefficient (Wildman–Crippen LogP) is 0.627. The average Bonchev–Trinajstić information content (AvgIpc) is 2.74. The molecule has 1 atom stereocenters. The van der Waals surface area contributed by atoms with E-state index in [4.69, 9.17) is 9.63 Å². The standard InChI is InChI=1S/C12H22N4O3/c1-8(2)10(5-7-17)15-12(18)13-6-4-11-14-9(3)16-19-11/h8,10,17H,4-7H2,1-3H3,(H2,13,15,18). The van der Waals surface area contributed by atoms with Gasteiger partial charge in [0.05, 0.1) is 0 Å². The third-order valence-corrected chi connectivity index (χ3v) is 2.76. The molecule has 0 fully saturated rings. The van der Waals surface area contributed by atoms with Crippen LogP contribution < -0.4 is 10.6 Å². The molecule has 0 aliphatic heterocycles. The largest absolute Gasteiger partial charge is 0.396 e. The second-order valence-electron chi connectivity index (χ2n) is 4.75. The van der Waals surface area contributed by atoms with E-state index in [1.165, 1.54) is 0 Å². The fourth-order valence-corrected chi connectivity index (χ4v) is 1.66. The Kier molecular flexibility index (Phi) is 6.27. The van der Waals surface area contributed by atoms with Gasteiger partial charge in [-0.15, -0.1) is 0 Å². The monoisotopic (exact) mass is 270 g/mol. The summed E-state index contributed by atoms with van der Waals surface area (Å²) < 4.78 is 4.94. The number of hydrogen-bond acceptors (Lipinski definition) is 5. The fraction of sp³-hybridized carbons (Fsp3) is 0.750. The van der Waals surface area contributed by atoms with Crippen LogP contribution in [0.25, 0.3) is 0 Å². The van der Waals surface area contributed by atoms with E-state index in [0.29, 0.717) is 31.1 Å². The summed E-state index contributed by atoms with van der Waals surface area (Å²) in [5, 5.41) is 18.2. The lowest BCUT2D eigenvalue weighted by Crippen LogP contribution is -2.45. The first-order chi connectivity index (χ1) is 9.02. The summed E-state index contributed by atoms with van der Waals surface area (Å²) in [6.07, 6.45) is 1.05. The highest BCUT2D eigenvalue weighted by molar-refractivity contribution is 5.74. The summed E-state index contributed by atoms with van der Waals surface area (Å²) in [5.74, 6) is 1.37. The first-order valence-corrected chi connectivity index (χ1v) is 6.47. The number of hydrogen-bond donors (Lipinski definition) is 3. The maximum Gasteiger partial charge on any atom is 0.315 e. The minimum Gasteiger partial charge on any atom is -0.396 e. The third-order valence-electron chi connectivity index (χ3n) is 2.76. The van der Waals surface area contributed by atoms with Crippen molar-refractivity contribution >= 4 is 6.03 Å². The molecule has 1 aromatic heterocycles. The SMILES string of the molecule is Cc1noc(CCNC(=O)NC(CCO)C(C)C)n1. The number of nitrogens with one attached hydrogen (secondary N) is 2. The average molecular weight is 270 g/mol. The van der Waals surface area contributed by atoms with Crippen molar-refractivity contribution in [2.24, 2.45) is 5.92 Å². The Morgan fingerprint density at radius 2 is 2.21 bits per heavy atom. The van der Waals surface area contributed by atoms with Gasteiger partial charge in [0.15, 0.2) is 5.82 Å². The van der Waals surface area contributed by atoms with E-state index in [1.807, 2.05) is 13.8 Å². The molecule has 1 rings (SSSR count). The number of aliphatic hydroxyl groups excluding tert-OH is 1. The van der Waals surface area contributed by atoms with Gasteiger partial charge < -0.3 is 20.3 Å². The van der Waals surface area contributed by atoms with Gasteiger partial charge in [0, 0.05) is 25.6 Å². The zero-order valence-electron chi connectivity index (χ0n) is 11.6. The molecule has 0 saturated heterocycles. The summed E-state index contributed by atoms with van der Waals surface area (Å²) in [4.78, 5) is 15.7. The van der Waals surface area contributed by atoms with Crippen molar-refractivity contribution in [1.29, 1.82) is 0 Å². The summed E-state index contributed by atoms with van der Waals surface area (Å²) in [7, 11) is 0. The Morgan fingerprint density at radius 3 is 2.74 bits per heavy atom. The number of amides is 2. The van der Waals surface area contributed by atoms with E-state index in [-0.39, 0.29) is 24.6 Å². The maximum atomic E-state index is 11.7. The van der Waals surface area contributed by atoms with Crippen LogP contribution >= 0.6 is 0 Å². The van der Waals surface area contributed by atoms with E-state index < -0.39 is 0 Å². The molecule has 1 aromatic rings. The molecule has 108 valence electrons. The van der Waals surface area contributed by atoms with Crippen molar-refractivity contribution in [1.82, 2.24) is 20.8 Å². The van der Waals surface area contributed by atoms with Crippen LogP contribution in [0.2, 0.25) is 0 Å². The molecule has 0 aliphatic carbocycles. The first-order valence-electron chi connectivity index (χ1n) is 6.47. The summed E-state index contributed by atoms with van der Waals surface area (Å²) >= 11 is 0. The molecule has 0 aromatic carbocycles. The highest BCUT2D eigenvalue weighted by Gasteiger charge is 2.15. The molecular weight excluding hydrogens is 248 g/mol. The molecule has 0 bridgehead atoms. The van der Waals surface area contributed by atoms with Crippen molar-refractivity contribution in [3.63, 3.8) is 0 Å². The number of rotatable bonds is 7. The summed E-state index contributed by atoms with van der Waals surface area (Å²) in [6, 6.07) is -0.279. The Hall–Kier alpha value is -1.63. The van der Waals surface area contributed by atoms with Crippen LogP contribution in [-0.2, 0) is 6.42 Å². The highest BCUT2D eigenvalue weighted by atomic mass is 16.5. The molecule has 1 heterocycles. The third kappa shape index (κ3) is 5.69. The number of carbonyl (C=O) groups is 1. The van der Waals surface area contributed by atoms with E-state index in [2.05, 4.69) is 20.8 Å². The van der Waals surface area contributed by atoms with Crippen molar-refractivity contribution in [3.05, 3.63) is 11.7 Å². The zero-order valence-corrected chi connectivity index (χ0v) is 11.6. The molecule has 2 amide bonds. The van der Waals surface area contributed by atoms with E-state index in [0.717, 1.165) is 0 Å². The van der Waals surface area contributed by atoms with Gasteiger partial charge in [-0.3, -0.25) is 0 Å². The van der Waals surface area contributed by atoms with Gasteiger partial charge in [0.25, 0.3) is 0 Å². The number of nitrogens with zero attached hydrogens (tertiary/aromatic N) is 2. The van der Waals surface area contributed by atoms with Gasteiger partial charge in [-0.1, -0.05) is 19.0 Å². The lowest BCUT2D eigenvalue weighted by molar-refractivity contribution is 0.219. The highest BCUT2D eigenvalue weighted by Crippen LogP contribution is 2.05. The summed E-state index contributed by atoms with van der Waals surface area (Å²) in [5.41, 5.74) is 0. The van der Waals surface area contributed by atoms with Crippen molar-refractivity contribution < 1.29 is 14.4 Å². The predicted molar refractivity (Wildman–Crippen MR) is 69.6 cm³/mol. The normalized spacial score (nSPS) is 12.5. The van der Waals surface area contributed by atoms with Crippen LogP contribution in [0.3, 0.4) is 0 Å². The Bertz CT molecular complexity index is 392. The van der Waals surface area contributed by atoms with Gasteiger partial charge >= 0.3 is 6.03 Å². The minimum atomic E-state index is -0.247.